The van der Waals surface area contributed by atoms with Crippen LogP contribution < -0.4 is 5.46 Å². The van der Waals surface area contributed by atoms with Crippen molar-refractivity contribution in [1.82, 2.24) is 0 Å². The molecule has 7 heteroatoms. The summed E-state index contributed by atoms with van der Waals surface area (Å²) in [6.07, 6.45) is 0. The Balaban J connectivity index is 2.43. The van der Waals surface area contributed by atoms with Gasteiger partial charge in [0.1, 0.15) is 0 Å². The standard InChI is InChI=1S/C14H17BClFO4/c1-13(2)14(3,4)21-15(20-13)8-6-9(12(18)19-5)11(17)10(16)7-8/h6-7H,1-5H3. The molecule has 0 amide bonds. The number of carbonyl (C=O) groups excluding carboxylic acids is 1. The third kappa shape index (κ3) is 2.80. The van der Waals surface area contributed by atoms with Gasteiger partial charge in [0.2, 0.25) is 0 Å². The quantitative estimate of drug-likeness (QED) is 0.622. The van der Waals surface area contributed by atoms with Crippen molar-refractivity contribution in [2.75, 3.05) is 7.11 Å². The molecule has 114 valence electrons. The molecule has 0 unspecified atom stereocenters. The maximum absolute atomic E-state index is 13.9. The van der Waals surface area contributed by atoms with Crippen molar-refractivity contribution in [3.63, 3.8) is 0 Å². The molecular formula is C14H17BClFO4. The summed E-state index contributed by atoms with van der Waals surface area (Å²) >= 11 is 5.85. The van der Waals surface area contributed by atoms with Gasteiger partial charge < -0.3 is 14.0 Å². The molecule has 0 bridgehead atoms. The lowest BCUT2D eigenvalue weighted by Crippen LogP contribution is -2.41. The van der Waals surface area contributed by atoms with Crippen LogP contribution >= 0.6 is 11.6 Å². The zero-order valence-corrected chi connectivity index (χ0v) is 13.4. The Labute approximate surface area is 128 Å². The van der Waals surface area contributed by atoms with Crippen molar-refractivity contribution in [1.29, 1.82) is 0 Å². The van der Waals surface area contributed by atoms with Crippen LogP contribution in [0.25, 0.3) is 0 Å². The van der Waals surface area contributed by atoms with Gasteiger partial charge in [0.25, 0.3) is 0 Å². The van der Waals surface area contributed by atoms with Gasteiger partial charge >= 0.3 is 13.1 Å². The SMILES string of the molecule is COC(=O)c1cc(B2OC(C)(C)C(C)(C)O2)cc(Cl)c1F. The van der Waals surface area contributed by atoms with Crippen molar-refractivity contribution in [2.45, 2.75) is 38.9 Å². The van der Waals surface area contributed by atoms with E-state index in [1.807, 2.05) is 27.7 Å². The first-order chi connectivity index (χ1) is 9.59. The van der Waals surface area contributed by atoms with E-state index in [-0.39, 0.29) is 10.6 Å². The van der Waals surface area contributed by atoms with Crippen molar-refractivity contribution >= 4 is 30.2 Å². The van der Waals surface area contributed by atoms with E-state index in [9.17, 15) is 9.18 Å². The van der Waals surface area contributed by atoms with Crippen LogP contribution in [0.1, 0.15) is 38.1 Å². The van der Waals surface area contributed by atoms with Gasteiger partial charge in [0.15, 0.2) is 5.82 Å². The normalized spacial score (nSPS) is 19.7. The van der Waals surface area contributed by atoms with Gasteiger partial charge in [-0.05, 0) is 45.3 Å². The molecule has 1 aliphatic rings. The Morgan fingerprint density at radius 2 is 1.76 bits per heavy atom. The lowest BCUT2D eigenvalue weighted by Gasteiger charge is -2.32. The molecule has 1 fully saturated rings. The first-order valence-corrected chi connectivity index (χ1v) is 6.90. The first-order valence-electron chi connectivity index (χ1n) is 6.52. The average molecular weight is 315 g/mol. The molecule has 0 radical (unpaired) electrons. The van der Waals surface area contributed by atoms with Gasteiger partial charge in [-0.15, -0.1) is 0 Å². The molecule has 0 atom stereocenters. The second-order valence-corrected chi connectivity index (χ2v) is 6.35. The van der Waals surface area contributed by atoms with E-state index in [0.29, 0.717) is 5.46 Å². The Bertz CT molecular complexity index is 573. The summed E-state index contributed by atoms with van der Waals surface area (Å²) in [6.45, 7) is 7.61. The first kappa shape index (κ1) is 16.3. The average Bonchev–Trinajstić information content (AvgIpc) is 2.60. The van der Waals surface area contributed by atoms with Crippen LogP contribution in [-0.4, -0.2) is 31.4 Å². The number of carbonyl (C=O) groups is 1. The molecule has 0 spiro atoms. The van der Waals surface area contributed by atoms with Crippen LogP contribution in [-0.2, 0) is 14.0 Å². The predicted octanol–water partition coefficient (Wildman–Crippen LogP) is 2.56. The number of esters is 1. The van der Waals surface area contributed by atoms with Crippen LogP contribution in [0, 0.1) is 5.82 Å². The molecule has 1 aromatic rings. The fourth-order valence-corrected chi connectivity index (χ4v) is 2.21. The van der Waals surface area contributed by atoms with E-state index < -0.39 is 30.1 Å². The molecule has 21 heavy (non-hydrogen) atoms. The van der Waals surface area contributed by atoms with Gasteiger partial charge in [-0.1, -0.05) is 11.6 Å². The molecular weight excluding hydrogens is 297 g/mol. The highest BCUT2D eigenvalue weighted by Crippen LogP contribution is 2.36. The van der Waals surface area contributed by atoms with Crippen LogP contribution in [0.3, 0.4) is 0 Å². The van der Waals surface area contributed by atoms with Gasteiger partial charge in [-0.25, -0.2) is 9.18 Å². The maximum atomic E-state index is 13.9. The molecule has 1 aromatic carbocycles. The number of benzene rings is 1. The third-order valence-corrected chi connectivity index (χ3v) is 4.26. The number of ether oxygens (including phenoxy) is 1. The van der Waals surface area contributed by atoms with Crippen LogP contribution in [0.4, 0.5) is 4.39 Å². The minimum Gasteiger partial charge on any atom is -0.465 e. The summed E-state index contributed by atoms with van der Waals surface area (Å²) < 4.78 is 30.2. The summed E-state index contributed by atoms with van der Waals surface area (Å²) in [6, 6.07) is 2.74. The number of hydrogen-bond acceptors (Lipinski definition) is 4. The van der Waals surface area contributed by atoms with Gasteiger partial charge in [-0.2, -0.15) is 0 Å². The highest BCUT2D eigenvalue weighted by atomic mass is 35.5. The van der Waals surface area contributed by atoms with E-state index in [1.165, 1.54) is 19.2 Å². The lowest BCUT2D eigenvalue weighted by atomic mass is 9.78. The zero-order chi connectivity index (χ0) is 16.0. The fourth-order valence-electron chi connectivity index (χ4n) is 1.98. The molecule has 1 saturated heterocycles. The van der Waals surface area contributed by atoms with E-state index >= 15 is 0 Å². The van der Waals surface area contributed by atoms with Crippen molar-refractivity contribution in [3.8, 4) is 0 Å². The van der Waals surface area contributed by atoms with E-state index in [2.05, 4.69) is 4.74 Å². The van der Waals surface area contributed by atoms with E-state index in [4.69, 9.17) is 20.9 Å². The van der Waals surface area contributed by atoms with Crippen molar-refractivity contribution < 1.29 is 23.2 Å². The number of rotatable bonds is 2. The van der Waals surface area contributed by atoms with Gasteiger partial charge in [0.05, 0.1) is 28.9 Å². The molecule has 4 nitrogen and oxygen atoms in total. The van der Waals surface area contributed by atoms with Crippen molar-refractivity contribution in [3.05, 3.63) is 28.5 Å². The Morgan fingerprint density at radius 3 is 2.24 bits per heavy atom. The molecule has 0 aliphatic carbocycles. The second kappa shape index (κ2) is 5.27. The largest absolute Gasteiger partial charge is 0.494 e. The molecule has 1 aliphatic heterocycles. The smallest absolute Gasteiger partial charge is 0.465 e. The molecule has 0 saturated carbocycles. The topological polar surface area (TPSA) is 44.8 Å². The molecule has 0 aromatic heterocycles. The minimum absolute atomic E-state index is 0.178. The monoisotopic (exact) mass is 314 g/mol. The zero-order valence-electron chi connectivity index (χ0n) is 12.6. The van der Waals surface area contributed by atoms with Crippen LogP contribution in [0.15, 0.2) is 12.1 Å². The van der Waals surface area contributed by atoms with Gasteiger partial charge in [0, 0.05) is 0 Å². The fraction of sp³-hybridized carbons (Fsp3) is 0.500. The summed E-state index contributed by atoms with van der Waals surface area (Å²) in [5.74, 6) is -1.61. The maximum Gasteiger partial charge on any atom is 0.494 e. The third-order valence-electron chi connectivity index (χ3n) is 3.98. The molecule has 1 heterocycles. The summed E-state index contributed by atoms with van der Waals surface area (Å²) in [7, 11) is 0.452. The highest BCUT2D eigenvalue weighted by molar-refractivity contribution is 6.62. The van der Waals surface area contributed by atoms with E-state index in [1.54, 1.807) is 0 Å². The van der Waals surface area contributed by atoms with Crippen LogP contribution in [0.5, 0.6) is 0 Å². The van der Waals surface area contributed by atoms with Crippen LogP contribution in [0.2, 0.25) is 5.02 Å². The summed E-state index contributed by atoms with van der Waals surface area (Å²) in [4.78, 5) is 11.6. The van der Waals surface area contributed by atoms with Crippen molar-refractivity contribution in [2.24, 2.45) is 0 Å². The molecule has 2 rings (SSSR count). The second-order valence-electron chi connectivity index (χ2n) is 5.94. The minimum atomic E-state index is -0.816. The summed E-state index contributed by atoms with van der Waals surface area (Å²) in [5, 5.41) is -0.178. The Morgan fingerprint density at radius 1 is 1.24 bits per heavy atom. The van der Waals surface area contributed by atoms with E-state index in [0.717, 1.165) is 0 Å². The number of hydrogen-bond donors (Lipinski definition) is 0. The van der Waals surface area contributed by atoms with Gasteiger partial charge in [-0.3, -0.25) is 0 Å². The highest BCUT2D eigenvalue weighted by Gasteiger charge is 2.52. The predicted molar refractivity (Wildman–Crippen MR) is 78.5 cm³/mol. The summed E-state index contributed by atoms with van der Waals surface area (Å²) in [5.41, 5.74) is -0.844. The molecule has 0 N–H and O–H groups in total. The Kier molecular flexibility index (Phi) is 4.08. The Hall–Kier alpha value is -1.11. The lowest BCUT2D eigenvalue weighted by molar-refractivity contribution is 0.00578. The number of methoxy groups -OCH3 is 1. The number of halogens is 2.